The molecule has 0 aliphatic carbocycles. The third-order valence-electron chi connectivity index (χ3n) is 3.58. The summed E-state index contributed by atoms with van der Waals surface area (Å²) in [6.07, 6.45) is 2.09. The fraction of sp³-hybridized carbons (Fsp3) is 0.400. The van der Waals surface area contributed by atoms with Gasteiger partial charge in [-0.15, -0.1) is 0 Å². The van der Waals surface area contributed by atoms with Crippen LogP contribution in [0, 0.1) is 0 Å². The van der Waals surface area contributed by atoms with Crippen molar-refractivity contribution in [2.45, 2.75) is 39.3 Å². The number of carbonyl (C=O) groups is 1. The second-order valence-corrected chi connectivity index (χ2v) is 5.96. The van der Waals surface area contributed by atoms with Gasteiger partial charge in [0.05, 0.1) is 5.54 Å². The summed E-state index contributed by atoms with van der Waals surface area (Å²) in [5, 5.41) is 9.99. The number of nitrogens with zero attached hydrogens (tertiary/aromatic N) is 1. The molecule has 1 aromatic carbocycles. The summed E-state index contributed by atoms with van der Waals surface area (Å²) in [4.78, 5) is 13.3. The van der Waals surface area contributed by atoms with Crippen LogP contribution in [-0.2, 0) is 4.79 Å². The van der Waals surface area contributed by atoms with Crippen molar-refractivity contribution in [3.05, 3.63) is 34.9 Å². The van der Waals surface area contributed by atoms with Crippen LogP contribution in [0.4, 0.5) is 5.69 Å². The van der Waals surface area contributed by atoms with Gasteiger partial charge < -0.3 is 10.0 Å². The number of hydrogen-bond donors (Lipinski definition) is 1. The molecular formula is C15H18ClNO2. The number of halogens is 1. The Kier molecular flexibility index (Phi) is 3.35. The quantitative estimate of drug-likeness (QED) is 0.895. The highest BCUT2D eigenvalue weighted by atomic mass is 35.5. The van der Waals surface area contributed by atoms with Gasteiger partial charge in [-0.2, -0.15) is 0 Å². The first-order chi connectivity index (χ1) is 8.74. The number of hydrogen-bond acceptors (Lipinski definition) is 2. The average molecular weight is 280 g/mol. The first kappa shape index (κ1) is 13.9. The van der Waals surface area contributed by atoms with Gasteiger partial charge in [0.1, 0.15) is 6.04 Å². The van der Waals surface area contributed by atoms with E-state index in [0.717, 1.165) is 16.8 Å². The van der Waals surface area contributed by atoms with Crippen molar-refractivity contribution in [3.8, 4) is 0 Å². The highest BCUT2D eigenvalue weighted by Crippen LogP contribution is 2.41. The zero-order valence-electron chi connectivity index (χ0n) is 11.6. The molecular weight excluding hydrogens is 262 g/mol. The molecule has 1 aromatic rings. The molecule has 0 fully saturated rings. The molecule has 1 N–H and O–H groups in total. The minimum Gasteiger partial charge on any atom is -0.480 e. The topological polar surface area (TPSA) is 40.5 Å². The zero-order chi connectivity index (χ0) is 14.4. The van der Waals surface area contributed by atoms with E-state index in [1.807, 2.05) is 37.8 Å². The Bertz CT molecular complexity index is 563. The van der Waals surface area contributed by atoms with E-state index in [1.165, 1.54) is 0 Å². The number of allylic oxidation sites excluding steroid dienone is 1. The molecule has 3 nitrogen and oxygen atoms in total. The number of aliphatic carboxylic acids is 1. The third-order valence-corrected chi connectivity index (χ3v) is 3.81. The Morgan fingerprint density at radius 1 is 1.42 bits per heavy atom. The van der Waals surface area contributed by atoms with Gasteiger partial charge in [-0.1, -0.05) is 17.7 Å². The zero-order valence-corrected chi connectivity index (χ0v) is 12.3. The molecule has 0 saturated carbocycles. The summed E-state index contributed by atoms with van der Waals surface area (Å²) >= 11 is 6.04. The average Bonchev–Trinajstić information content (AvgIpc) is 2.28. The van der Waals surface area contributed by atoms with Crippen molar-refractivity contribution in [2.75, 3.05) is 4.90 Å². The molecule has 2 rings (SSSR count). The van der Waals surface area contributed by atoms with Crippen molar-refractivity contribution in [3.63, 3.8) is 0 Å². The van der Waals surface area contributed by atoms with Gasteiger partial charge in [0.15, 0.2) is 0 Å². The number of anilines is 1. The van der Waals surface area contributed by atoms with Crippen molar-refractivity contribution >= 4 is 28.8 Å². The second kappa shape index (κ2) is 4.57. The van der Waals surface area contributed by atoms with Gasteiger partial charge >= 0.3 is 5.97 Å². The lowest BCUT2D eigenvalue weighted by molar-refractivity contribution is -0.138. The highest BCUT2D eigenvalue weighted by molar-refractivity contribution is 6.30. The maximum atomic E-state index is 11.4. The van der Waals surface area contributed by atoms with Crippen LogP contribution >= 0.6 is 11.6 Å². The van der Waals surface area contributed by atoms with Crippen LogP contribution in [0.25, 0.3) is 5.57 Å². The number of carboxylic acids is 1. The maximum Gasteiger partial charge on any atom is 0.326 e. The third kappa shape index (κ3) is 2.35. The van der Waals surface area contributed by atoms with Gasteiger partial charge in [-0.3, -0.25) is 0 Å². The van der Waals surface area contributed by atoms with Gasteiger partial charge in [0.2, 0.25) is 0 Å². The standard InChI is InChI=1S/C15H18ClNO2/c1-9-8-15(3,4)17(10(2)14(18)19)13-6-5-11(16)7-12(9)13/h5-8,10H,1-4H3,(H,18,19)/t10-/m0/s1. The largest absolute Gasteiger partial charge is 0.480 e. The van der Waals surface area contributed by atoms with Gasteiger partial charge in [-0.25, -0.2) is 4.79 Å². The Morgan fingerprint density at radius 3 is 2.63 bits per heavy atom. The summed E-state index contributed by atoms with van der Waals surface area (Å²) in [5.74, 6) is -0.832. The molecule has 0 saturated heterocycles. The Morgan fingerprint density at radius 2 is 2.05 bits per heavy atom. The monoisotopic (exact) mass is 279 g/mol. The van der Waals surface area contributed by atoms with Gasteiger partial charge in [0.25, 0.3) is 0 Å². The van der Waals surface area contributed by atoms with E-state index >= 15 is 0 Å². The smallest absolute Gasteiger partial charge is 0.326 e. The van der Waals surface area contributed by atoms with Crippen molar-refractivity contribution in [1.82, 2.24) is 0 Å². The van der Waals surface area contributed by atoms with E-state index in [9.17, 15) is 9.90 Å². The minimum absolute atomic E-state index is 0.345. The highest BCUT2D eigenvalue weighted by Gasteiger charge is 2.37. The molecule has 1 atom stereocenters. The number of carboxylic acid groups (broad SMARTS) is 1. The van der Waals surface area contributed by atoms with Gasteiger partial charge in [0, 0.05) is 16.3 Å². The van der Waals surface area contributed by atoms with Gasteiger partial charge in [-0.05, 0) is 51.5 Å². The summed E-state index contributed by atoms with van der Waals surface area (Å²) in [6.45, 7) is 7.78. The molecule has 0 amide bonds. The Hall–Kier alpha value is -1.48. The van der Waals surface area contributed by atoms with Crippen LogP contribution < -0.4 is 4.90 Å². The molecule has 0 spiro atoms. The van der Waals surface area contributed by atoms with E-state index < -0.39 is 12.0 Å². The van der Waals surface area contributed by atoms with E-state index in [-0.39, 0.29) is 5.54 Å². The first-order valence-corrected chi connectivity index (χ1v) is 6.63. The van der Waals surface area contributed by atoms with E-state index in [2.05, 4.69) is 6.08 Å². The predicted octanol–water partition coefficient (Wildman–Crippen LogP) is 3.82. The fourth-order valence-corrected chi connectivity index (χ4v) is 3.01. The first-order valence-electron chi connectivity index (χ1n) is 6.25. The van der Waals surface area contributed by atoms with Crippen LogP contribution in [0.5, 0.6) is 0 Å². The molecule has 0 bridgehead atoms. The minimum atomic E-state index is -0.832. The molecule has 0 radical (unpaired) electrons. The Labute approximate surface area is 118 Å². The second-order valence-electron chi connectivity index (χ2n) is 5.53. The van der Waals surface area contributed by atoms with E-state index in [4.69, 9.17) is 11.6 Å². The lowest BCUT2D eigenvalue weighted by atomic mass is 9.87. The Balaban J connectivity index is 2.64. The van der Waals surface area contributed by atoms with E-state index in [1.54, 1.807) is 13.0 Å². The predicted molar refractivity (Wildman–Crippen MR) is 78.8 cm³/mol. The van der Waals surface area contributed by atoms with E-state index in [0.29, 0.717) is 5.02 Å². The van der Waals surface area contributed by atoms with Crippen molar-refractivity contribution < 1.29 is 9.90 Å². The molecule has 102 valence electrons. The molecule has 1 aliphatic rings. The number of fused-ring (bicyclic) bond motifs is 1. The van der Waals surface area contributed by atoms with Crippen LogP contribution in [-0.4, -0.2) is 22.7 Å². The summed E-state index contributed by atoms with van der Waals surface area (Å²) in [5.41, 5.74) is 2.70. The lowest BCUT2D eigenvalue weighted by Crippen LogP contribution is -2.53. The SMILES string of the molecule is CC1=CC(C)(C)N([C@@H](C)C(=O)O)c2ccc(Cl)cc21. The van der Waals surface area contributed by atoms with Crippen LogP contribution in [0.15, 0.2) is 24.3 Å². The summed E-state index contributed by atoms with van der Waals surface area (Å²) in [7, 11) is 0. The van der Waals surface area contributed by atoms with Crippen LogP contribution in [0.2, 0.25) is 5.02 Å². The number of benzene rings is 1. The normalized spacial score (nSPS) is 18.6. The van der Waals surface area contributed by atoms with Crippen molar-refractivity contribution in [2.24, 2.45) is 0 Å². The maximum absolute atomic E-state index is 11.4. The van der Waals surface area contributed by atoms with Crippen LogP contribution in [0.3, 0.4) is 0 Å². The molecule has 1 heterocycles. The van der Waals surface area contributed by atoms with Crippen LogP contribution in [0.1, 0.15) is 33.3 Å². The van der Waals surface area contributed by atoms with Crippen molar-refractivity contribution in [1.29, 1.82) is 0 Å². The molecule has 0 unspecified atom stereocenters. The summed E-state index contributed by atoms with van der Waals surface area (Å²) < 4.78 is 0. The molecule has 1 aliphatic heterocycles. The molecule has 19 heavy (non-hydrogen) atoms. The summed E-state index contributed by atoms with van der Waals surface area (Å²) in [6, 6.07) is 4.99. The lowest BCUT2D eigenvalue weighted by Gasteiger charge is -2.45. The fourth-order valence-electron chi connectivity index (χ4n) is 2.84. The number of rotatable bonds is 2. The molecule has 0 aromatic heterocycles. The molecule has 4 heteroatoms.